The van der Waals surface area contributed by atoms with E-state index in [0.29, 0.717) is 12.2 Å². The maximum absolute atomic E-state index is 11.7. The van der Waals surface area contributed by atoms with Gasteiger partial charge in [0.1, 0.15) is 11.8 Å². The van der Waals surface area contributed by atoms with Gasteiger partial charge in [0, 0.05) is 12.1 Å². The van der Waals surface area contributed by atoms with E-state index in [0.717, 1.165) is 38.8 Å². The van der Waals surface area contributed by atoms with Gasteiger partial charge in [-0.15, -0.1) is 0 Å². The Balaban J connectivity index is 1.91. The Morgan fingerprint density at radius 3 is 2.87 bits per heavy atom. The summed E-state index contributed by atoms with van der Waals surface area (Å²) in [5.74, 6) is -0.0941. The molecule has 8 nitrogen and oxygen atoms in total. The van der Waals surface area contributed by atoms with E-state index in [1.54, 1.807) is 10.9 Å². The number of aliphatic hydroxyl groups is 1. The zero-order valence-corrected chi connectivity index (χ0v) is 13.0. The van der Waals surface area contributed by atoms with Gasteiger partial charge in [0.2, 0.25) is 0 Å². The second kappa shape index (κ2) is 6.18. The topological polar surface area (TPSA) is 129 Å². The third kappa shape index (κ3) is 3.16. The van der Waals surface area contributed by atoms with Crippen molar-refractivity contribution in [1.82, 2.24) is 15.1 Å². The molecule has 1 aliphatic heterocycles. The largest absolute Gasteiger partial charge is 0.373 e. The molecule has 3 rings (SSSR count). The van der Waals surface area contributed by atoms with Gasteiger partial charge < -0.3 is 21.5 Å². The smallest absolute Gasteiger partial charge is 0.254 e. The van der Waals surface area contributed by atoms with Gasteiger partial charge in [-0.3, -0.25) is 9.48 Å². The van der Waals surface area contributed by atoms with Crippen LogP contribution in [0.25, 0.3) is 0 Å². The van der Waals surface area contributed by atoms with Crippen LogP contribution in [0.5, 0.6) is 0 Å². The van der Waals surface area contributed by atoms with Crippen molar-refractivity contribution >= 4 is 11.7 Å². The van der Waals surface area contributed by atoms with Gasteiger partial charge in [-0.05, 0) is 38.8 Å². The number of amides is 1. The number of nitrogens with zero attached hydrogens (tertiary/aromatic N) is 3. The van der Waals surface area contributed by atoms with E-state index < -0.39 is 17.7 Å². The predicted molar refractivity (Wildman–Crippen MR) is 83.4 cm³/mol. The number of rotatable bonds is 6. The third-order valence-corrected chi connectivity index (χ3v) is 4.76. The van der Waals surface area contributed by atoms with E-state index in [-0.39, 0.29) is 11.5 Å². The lowest BCUT2D eigenvalue weighted by Gasteiger charge is -2.36. The summed E-state index contributed by atoms with van der Waals surface area (Å²) >= 11 is 0. The Morgan fingerprint density at radius 2 is 2.30 bits per heavy atom. The van der Waals surface area contributed by atoms with Crippen LogP contribution >= 0.6 is 0 Å². The van der Waals surface area contributed by atoms with E-state index in [1.165, 1.54) is 0 Å². The molecule has 5 N–H and O–H groups in total. The number of aromatic nitrogens is 2. The van der Waals surface area contributed by atoms with Gasteiger partial charge in [0.25, 0.3) is 5.91 Å². The van der Waals surface area contributed by atoms with Gasteiger partial charge in [-0.1, -0.05) is 0 Å². The van der Waals surface area contributed by atoms with Crippen molar-refractivity contribution in [2.45, 2.75) is 43.9 Å². The second-order valence-electron chi connectivity index (χ2n) is 6.44. The number of carbonyl (C=O) groups is 1. The number of carbonyl (C=O) groups excluding carboxylic acids is 1. The Hall–Kier alpha value is -2.11. The fourth-order valence-electron chi connectivity index (χ4n) is 3.10. The molecule has 2 fully saturated rings. The first-order valence-corrected chi connectivity index (χ1v) is 7.98. The van der Waals surface area contributed by atoms with Crippen molar-refractivity contribution in [1.29, 1.82) is 5.26 Å². The molecule has 1 atom stereocenters. The molecular formula is C15H22N6O2. The van der Waals surface area contributed by atoms with Crippen molar-refractivity contribution in [2.75, 3.05) is 18.4 Å². The molecule has 0 radical (unpaired) electrons. The molecule has 1 aromatic rings. The van der Waals surface area contributed by atoms with Crippen LogP contribution in [0.4, 0.5) is 5.82 Å². The molecule has 1 saturated carbocycles. The quantitative estimate of drug-likeness (QED) is 0.551. The molecule has 0 aromatic carbocycles. The standard InChI is InChI=1S/C15H22N6O2/c16-6-3-15(4-7-18-8-5-15)21-9-11(12(17)22)13(20-21)19-14(23)10-1-2-10/h9-10,14,18,23H,1-5,7-8H2,(H2,17,22)(H,19,20). The van der Waals surface area contributed by atoms with Crippen LogP contribution in [0.15, 0.2) is 6.20 Å². The van der Waals surface area contributed by atoms with Crippen LogP contribution in [-0.4, -0.2) is 40.1 Å². The first kappa shape index (κ1) is 15.8. The Kier molecular flexibility index (Phi) is 4.24. The summed E-state index contributed by atoms with van der Waals surface area (Å²) in [6.45, 7) is 1.59. The fraction of sp³-hybridized carbons (Fsp3) is 0.667. The van der Waals surface area contributed by atoms with E-state index >= 15 is 0 Å². The summed E-state index contributed by atoms with van der Waals surface area (Å²) in [6.07, 6.45) is 4.63. The molecular weight excluding hydrogens is 296 g/mol. The lowest BCUT2D eigenvalue weighted by atomic mass is 9.86. The molecule has 2 heterocycles. The van der Waals surface area contributed by atoms with Crippen molar-refractivity contribution < 1.29 is 9.90 Å². The SMILES string of the molecule is N#CCC1(n2cc(C(N)=O)c(NC(O)C3CC3)n2)CCNCC1. The molecule has 1 aromatic heterocycles. The Labute approximate surface area is 134 Å². The van der Waals surface area contributed by atoms with Crippen molar-refractivity contribution in [3.8, 4) is 6.07 Å². The van der Waals surface area contributed by atoms with Crippen molar-refractivity contribution in [2.24, 2.45) is 11.7 Å². The van der Waals surface area contributed by atoms with Crippen LogP contribution in [0, 0.1) is 17.2 Å². The lowest BCUT2D eigenvalue weighted by molar-refractivity contribution is 0.1000. The molecule has 2 aliphatic rings. The maximum atomic E-state index is 11.7. The van der Waals surface area contributed by atoms with Crippen LogP contribution in [0.3, 0.4) is 0 Å². The molecule has 23 heavy (non-hydrogen) atoms. The summed E-state index contributed by atoms with van der Waals surface area (Å²) in [6, 6.07) is 2.23. The van der Waals surface area contributed by atoms with Gasteiger partial charge in [-0.25, -0.2) is 0 Å². The minimum atomic E-state index is -0.726. The highest BCUT2D eigenvalue weighted by Gasteiger charge is 2.37. The molecule has 1 amide bonds. The molecule has 124 valence electrons. The minimum absolute atomic E-state index is 0.202. The number of primary amides is 1. The number of nitrogens with one attached hydrogen (secondary N) is 2. The van der Waals surface area contributed by atoms with E-state index in [4.69, 9.17) is 5.73 Å². The molecule has 1 unspecified atom stereocenters. The zero-order chi connectivity index (χ0) is 16.4. The average Bonchev–Trinajstić information content (AvgIpc) is 3.29. The molecule has 0 bridgehead atoms. The molecule has 0 spiro atoms. The monoisotopic (exact) mass is 318 g/mol. The first-order chi connectivity index (χ1) is 11.1. The molecule has 1 aliphatic carbocycles. The third-order valence-electron chi connectivity index (χ3n) is 4.76. The summed E-state index contributed by atoms with van der Waals surface area (Å²) < 4.78 is 1.69. The number of aliphatic hydroxyl groups excluding tert-OH is 1. The van der Waals surface area contributed by atoms with Gasteiger partial charge in [-0.2, -0.15) is 10.4 Å². The summed E-state index contributed by atoms with van der Waals surface area (Å²) in [5, 5.41) is 29.9. The number of nitrogens with two attached hydrogens (primary N) is 1. The maximum Gasteiger partial charge on any atom is 0.254 e. The summed E-state index contributed by atoms with van der Waals surface area (Å²) in [4.78, 5) is 11.7. The normalized spacial score (nSPS) is 21.4. The fourth-order valence-corrected chi connectivity index (χ4v) is 3.10. The number of hydrogen-bond donors (Lipinski definition) is 4. The van der Waals surface area contributed by atoms with Crippen LogP contribution in [0.1, 0.15) is 42.5 Å². The Morgan fingerprint density at radius 1 is 1.61 bits per heavy atom. The number of nitriles is 1. The van der Waals surface area contributed by atoms with Gasteiger partial charge in [0.15, 0.2) is 5.82 Å². The lowest BCUT2D eigenvalue weighted by Crippen LogP contribution is -2.44. The van der Waals surface area contributed by atoms with Crippen molar-refractivity contribution in [3.05, 3.63) is 11.8 Å². The highest BCUT2D eigenvalue weighted by atomic mass is 16.3. The van der Waals surface area contributed by atoms with Crippen LogP contribution in [-0.2, 0) is 5.54 Å². The zero-order valence-electron chi connectivity index (χ0n) is 13.0. The first-order valence-electron chi connectivity index (χ1n) is 7.98. The number of hydrogen-bond acceptors (Lipinski definition) is 6. The predicted octanol–water partition coefficient (Wildman–Crippen LogP) is 0.115. The van der Waals surface area contributed by atoms with Gasteiger partial charge in [0.05, 0.1) is 18.0 Å². The van der Waals surface area contributed by atoms with E-state index in [9.17, 15) is 15.2 Å². The summed E-state index contributed by atoms with van der Waals surface area (Å²) in [5.41, 5.74) is 5.27. The Bertz CT molecular complexity index is 624. The van der Waals surface area contributed by atoms with E-state index in [2.05, 4.69) is 21.8 Å². The minimum Gasteiger partial charge on any atom is -0.373 e. The van der Waals surface area contributed by atoms with E-state index in [1.807, 2.05) is 0 Å². The van der Waals surface area contributed by atoms with Crippen molar-refractivity contribution in [3.63, 3.8) is 0 Å². The van der Waals surface area contributed by atoms with Gasteiger partial charge >= 0.3 is 0 Å². The highest BCUT2D eigenvalue weighted by Crippen LogP contribution is 2.35. The number of anilines is 1. The molecule has 8 heteroatoms. The summed E-state index contributed by atoms with van der Waals surface area (Å²) in [7, 11) is 0. The van der Waals surface area contributed by atoms with Crippen LogP contribution in [0.2, 0.25) is 0 Å². The second-order valence-corrected chi connectivity index (χ2v) is 6.44. The highest BCUT2D eigenvalue weighted by molar-refractivity contribution is 5.97. The van der Waals surface area contributed by atoms with Crippen LogP contribution < -0.4 is 16.4 Å². The number of piperidine rings is 1. The average molecular weight is 318 g/mol. The molecule has 1 saturated heterocycles.